The molecular formula is C39H41FN6O5. The number of ether oxygens (including phenoxy) is 3. The Morgan fingerprint density at radius 2 is 1.80 bits per heavy atom. The van der Waals surface area contributed by atoms with Gasteiger partial charge in [0.1, 0.15) is 30.3 Å². The molecule has 0 bridgehead atoms. The van der Waals surface area contributed by atoms with Crippen LogP contribution in [0.3, 0.4) is 0 Å². The van der Waals surface area contributed by atoms with Crippen molar-refractivity contribution < 1.29 is 28.2 Å². The molecular weight excluding hydrogens is 651 g/mol. The van der Waals surface area contributed by atoms with Crippen molar-refractivity contribution in [3.05, 3.63) is 114 Å². The predicted molar refractivity (Wildman–Crippen MR) is 194 cm³/mol. The largest absolute Gasteiger partial charge is 0.493 e. The smallest absolute Gasteiger partial charge is 0.246 e. The molecule has 51 heavy (non-hydrogen) atoms. The number of aromatic nitrogens is 2. The number of hydrogen-bond acceptors (Lipinski definition) is 10. The van der Waals surface area contributed by atoms with Gasteiger partial charge in [-0.2, -0.15) is 0 Å². The van der Waals surface area contributed by atoms with E-state index in [1.165, 1.54) is 12.4 Å². The third-order valence-corrected chi connectivity index (χ3v) is 8.80. The van der Waals surface area contributed by atoms with E-state index in [-0.39, 0.29) is 17.3 Å². The molecule has 4 aromatic carbocycles. The lowest BCUT2D eigenvalue weighted by Crippen LogP contribution is -2.37. The standard InChI is InChI=1S/C39H41FN6O5/c1-45(24-28-11-6-7-12-29(28)25-47)37(27-9-4-3-5-10-27)39(48)43-30-13-14-33(32(40)21-30)44-38-31-22-36(35(49-2)23-34(31)41-26-42-38)51-18-8-15-46-16-19-50-20-17-46/h3-7,9-14,21-23,25-26,37H,8,15-20,24H2,1-2H3,(H,43,48)(H,41,42,44). The second kappa shape index (κ2) is 17.0. The van der Waals surface area contributed by atoms with Crippen molar-refractivity contribution in [3.8, 4) is 11.5 Å². The van der Waals surface area contributed by atoms with Crippen molar-refractivity contribution in [3.63, 3.8) is 0 Å². The predicted octanol–water partition coefficient (Wildman–Crippen LogP) is 6.25. The topological polar surface area (TPSA) is 118 Å². The van der Waals surface area contributed by atoms with Crippen molar-refractivity contribution in [2.45, 2.75) is 19.0 Å². The second-order valence-corrected chi connectivity index (χ2v) is 12.3. The monoisotopic (exact) mass is 692 g/mol. The number of aldehydes is 1. The number of rotatable bonds is 15. The van der Waals surface area contributed by atoms with Crippen LogP contribution in [0.1, 0.15) is 33.9 Å². The van der Waals surface area contributed by atoms with E-state index in [1.54, 1.807) is 43.5 Å². The Hall–Kier alpha value is -5.43. The molecule has 1 aliphatic heterocycles. The summed E-state index contributed by atoms with van der Waals surface area (Å²) in [6.07, 6.45) is 3.04. The number of benzene rings is 4. The first-order valence-corrected chi connectivity index (χ1v) is 16.8. The minimum Gasteiger partial charge on any atom is -0.493 e. The molecule has 12 heteroatoms. The van der Waals surface area contributed by atoms with Gasteiger partial charge in [0.15, 0.2) is 11.5 Å². The number of nitrogens with zero attached hydrogens (tertiary/aromatic N) is 4. The molecule has 6 rings (SSSR count). The molecule has 1 amide bonds. The van der Waals surface area contributed by atoms with Crippen LogP contribution in [0, 0.1) is 5.82 Å². The first-order valence-electron chi connectivity index (χ1n) is 16.8. The third kappa shape index (κ3) is 8.84. The molecule has 0 radical (unpaired) electrons. The molecule has 1 aliphatic rings. The Morgan fingerprint density at radius 3 is 2.57 bits per heavy atom. The van der Waals surface area contributed by atoms with E-state index >= 15 is 4.39 Å². The quantitative estimate of drug-likeness (QED) is 0.0964. The summed E-state index contributed by atoms with van der Waals surface area (Å²) in [5.74, 6) is 0.531. The summed E-state index contributed by atoms with van der Waals surface area (Å²) in [4.78, 5) is 38.4. The first kappa shape index (κ1) is 35.4. The zero-order chi connectivity index (χ0) is 35.6. The average Bonchev–Trinajstić information content (AvgIpc) is 3.15. The van der Waals surface area contributed by atoms with Crippen LogP contribution in [0.4, 0.5) is 21.6 Å². The molecule has 5 aromatic rings. The molecule has 2 N–H and O–H groups in total. The SMILES string of the molecule is COc1cc2ncnc(Nc3ccc(NC(=O)C(c4ccccc4)N(C)Cc4ccccc4C=O)cc3F)c2cc1OCCCN1CCOCC1. The summed E-state index contributed by atoms with van der Waals surface area (Å²) in [6, 6.07) is 23.9. The highest BCUT2D eigenvalue weighted by atomic mass is 19.1. The number of likely N-dealkylation sites (N-methyl/N-ethyl adjacent to an activating group) is 1. The van der Waals surface area contributed by atoms with Crippen molar-refractivity contribution in [2.75, 3.05) is 64.2 Å². The molecule has 1 aromatic heterocycles. The summed E-state index contributed by atoms with van der Waals surface area (Å²) in [5.41, 5.74) is 3.16. The van der Waals surface area contributed by atoms with E-state index in [1.807, 2.05) is 54.4 Å². The average molecular weight is 693 g/mol. The fourth-order valence-electron chi connectivity index (χ4n) is 6.16. The summed E-state index contributed by atoms with van der Waals surface area (Å²) in [6.45, 7) is 5.08. The maximum Gasteiger partial charge on any atom is 0.246 e. The van der Waals surface area contributed by atoms with E-state index in [0.29, 0.717) is 46.9 Å². The van der Waals surface area contributed by atoms with Crippen molar-refractivity contribution in [1.29, 1.82) is 0 Å². The van der Waals surface area contributed by atoms with Crippen LogP contribution in [0.15, 0.2) is 91.3 Å². The number of morpholine rings is 1. The normalized spacial score (nSPS) is 13.9. The fraction of sp³-hybridized carbons (Fsp3) is 0.282. The lowest BCUT2D eigenvalue weighted by Gasteiger charge is -2.28. The molecule has 1 unspecified atom stereocenters. The minimum atomic E-state index is -0.716. The number of halogens is 1. The van der Waals surface area contributed by atoms with E-state index in [2.05, 4.69) is 25.5 Å². The van der Waals surface area contributed by atoms with Gasteiger partial charge in [-0.05, 0) is 48.9 Å². The van der Waals surface area contributed by atoms with Crippen LogP contribution in [0.25, 0.3) is 10.9 Å². The molecule has 0 saturated carbocycles. The van der Waals surface area contributed by atoms with Gasteiger partial charge in [-0.15, -0.1) is 0 Å². The number of carbonyl (C=O) groups is 2. The van der Waals surface area contributed by atoms with Crippen molar-refractivity contribution in [2.24, 2.45) is 0 Å². The van der Waals surface area contributed by atoms with Gasteiger partial charge >= 0.3 is 0 Å². The van der Waals surface area contributed by atoms with Crippen molar-refractivity contribution in [1.82, 2.24) is 19.8 Å². The number of nitrogens with one attached hydrogen (secondary N) is 2. The molecule has 0 spiro atoms. The maximum absolute atomic E-state index is 15.6. The van der Waals surface area contributed by atoms with Gasteiger partial charge < -0.3 is 24.8 Å². The molecule has 1 saturated heterocycles. The van der Waals surface area contributed by atoms with E-state index in [9.17, 15) is 9.59 Å². The van der Waals surface area contributed by atoms with Gasteiger partial charge in [-0.3, -0.25) is 19.4 Å². The Morgan fingerprint density at radius 1 is 1.02 bits per heavy atom. The number of fused-ring (bicyclic) bond motifs is 1. The molecule has 1 atom stereocenters. The van der Waals surface area contributed by atoms with Crippen LogP contribution in [0.5, 0.6) is 11.5 Å². The first-order chi connectivity index (χ1) is 24.9. The lowest BCUT2D eigenvalue weighted by molar-refractivity contribution is -0.121. The summed E-state index contributed by atoms with van der Waals surface area (Å²) in [7, 11) is 3.39. The third-order valence-electron chi connectivity index (χ3n) is 8.80. The zero-order valence-corrected chi connectivity index (χ0v) is 28.7. The Balaban J connectivity index is 1.17. The Kier molecular flexibility index (Phi) is 11.8. The van der Waals surface area contributed by atoms with Gasteiger partial charge in [-0.1, -0.05) is 54.6 Å². The molecule has 2 heterocycles. The van der Waals surface area contributed by atoms with Gasteiger partial charge in [0.25, 0.3) is 0 Å². The fourth-order valence-corrected chi connectivity index (χ4v) is 6.16. The summed E-state index contributed by atoms with van der Waals surface area (Å²) < 4.78 is 32.8. The minimum absolute atomic E-state index is 0.166. The number of carbonyl (C=O) groups excluding carboxylic acids is 2. The lowest BCUT2D eigenvalue weighted by atomic mass is 10.0. The maximum atomic E-state index is 15.6. The molecule has 264 valence electrons. The molecule has 0 aliphatic carbocycles. The van der Waals surface area contributed by atoms with Crippen LogP contribution in [-0.4, -0.2) is 85.6 Å². The highest BCUT2D eigenvalue weighted by Crippen LogP contribution is 2.35. The summed E-state index contributed by atoms with van der Waals surface area (Å²) in [5, 5.41) is 6.59. The van der Waals surface area contributed by atoms with E-state index < -0.39 is 11.9 Å². The van der Waals surface area contributed by atoms with Gasteiger partial charge in [0, 0.05) is 48.9 Å². The van der Waals surface area contributed by atoms with Crippen LogP contribution >= 0.6 is 0 Å². The number of anilines is 3. The number of amides is 1. The highest BCUT2D eigenvalue weighted by molar-refractivity contribution is 5.96. The molecule has 11 nitrogen and oxygen atoms in total. The van der Waals surface area contributed by atoms with Gasteiger partial charge in [0.2, 0.25) is 5.91 Å². The highest BCUT2D eigenvalue weighted by Gasteiger charge is 2.26. The zero-order valence-electron chi connectivity index (χ0n) is 28.7. The van der Waals surface area contributed by atoms with E-state index in [0.717, 1.165) is 56.7 Å². The Bertz CT molecular complexity index is 1960. The molecule has 1 fully saturated rings. The van der Waals surface area contributed by atoms with Crippen LogP contribution < -0.4 is 20.1 Å². The van der Waals surface area contributed by atoms with Gasteiger partial charge in [0.05, 0.1) is 38.1 Å². The number of hydrogen-bond donors (Lipinski definition) is 2. The Labute approximate surface area is 296 Å². The summed E-state index contributed by atoms with van der Waals surface area (Å²) >= 11 is 0. The van der Waals surface area contributed by atoms with Crippen molar-refractivity contribution >= 4 is 40.3 Å². The van der Waals surface area contributed by atoms with Crippen LogP contribution in [0.2, 0.25) is 0 Å². The van der Waals surface area contributed by atoms with Crippen LogP contribution in [-0.2, 0) is 16.1 Å². The second-order valence-electron chi connectivity index (χ2n) is 12.3. The number of methoxy groups -OCH3 is 1. The van der Waals surface area contributed by atoms with Gasteiger partial charge in [-0.25, -0.2) is 14.4 Å². The van der Waals surface area contributed by atoms with E-state index in [4.69, 9.17) is 14.2 Å².